The number of H-pyrrole nitrogens is 1. The molecule has 0 radical (unpaired) electrons. The normalized spacial score (nSPS) is 18.6. The van der Waals surface area contributed by atoms with E-state index in [0.717, 1.165) is 57.1 Å². The van der Waals surface area contributed by atoms with Crippen LogP contribution in [0.3, 0.4) is 0 Å². The van der Waals surface area contributed by atoms with E-state index in [1.807, 2.05) is 70.2 Å². The van der Waals surface area contributed by atoms with Crippen molar-refractivity contribution in [3.63, 3.8) is 0 Å². The van der Waals surface area contributed by atoms with Crippen LogP contribution in [0.25, 0.3) is 22.5 Å². The summed E-state index contributed by atoms with van der Waals surface area (Å²) in [6.07, 6.45) is 0.835. The number of thioether (sulfide) groups is 1. The molecule has 1 N–H and O–H groups in total. The highest BCUT2D eigenvalue weighted by Crippen LogP contribution is 2.37. The van der Waals surface area contributed by atoms with E-state index in [2.05, 4.69) is 4.98 Å². The number of methoxy groups -OCH3 is 1. The van der Waals surface area contributed by atoms with Crippen molar-refractivity contribution < 1.29 is 14.0 Å². The molecule has 0 bridgehead atoms. The van der Waals surface area contributed by atoms with Crippen molar-refractivity contribution in [3.05, 3.63) is 64.1 Å². The van der Waals surface area contributed by atoms with Crippen molar-refractivity contribution >= 4 is 24.3 Å². The minimum atomic E-state index is -0.444. The number of hydrogen-bond donors (Lipinski definition) is 1. The van der Waals surface area contributed by atoms with Crippen LogP contribution in [0.15, 0.2) is 47.3 Å². The molecule has 0 unspecified atom stereocenters. The van der Waals surface area contributed by atoms with E-state index in [0.29, 0.717) is 5.82 Å². The third-order valence-electron chi connectivity index (χ3n) is 7.05. The number of rotatable bonds is 4. The number of ether oxygens (including phenoxy) is 1. The number of fused-ring (bicyclic) bond motifs is 1. The number of aryl methyl sites for hydroxylation is 1. The van der Waals surface area contributed by atoms with Crippen LogP contribution < -0.4 is 15.8 Å². The molecule has 6 nitrogen and oxygen atoms in total. The molecule has 0 aliphatic carbocycles. The van der Waals surface area contributed by atoms with Gasteiger partial charge in [-0.3, -0.25) is 4.79 Å². The molecule has 2 aliphatic rings. The predicted molar refractivity (Wildman–Crippen MR) is 138 cm³/mol. The van der Waals surface area contributed by atoms with Gasteiger partial charge >= 0.3 is 7.12 Å². The molecule has 1 saturated heterocycles. The fraction of sp³-hybridized carbons (Fsp3) is 0.385. The molecule has 176 valence electrons. The van der Waals surface area contributed by atoms with Gasteiger partial charge in [0, 0.05) is 22.4 Å². The van der Waals surface area contributed by atoms with Crippen LogP contribution in [0.1, 0.15) is 39.0 Å². The zero-order valence-electron chi connectivity index (χ0n) is 20.2. The van der Waals surface area contributed by atoms with Gasteiger partial charge in [0.1, 0.15) is 11.6 Å². The van der Waals surface area contributed by atoms with Crippen LogP contribution in [0, 0.1) is 0 Å². The van der Waals surface area contributed by atoms with Gasteiger partial charge in [0.25, 0.3) is 5.56 Å². The van der Waals surface area contributed by atoms with E-state index in [1.54, 1.807) is 18.9 Å². The quantitative estimate of drug-likeness (QED) is 0.569. The Kier molecular flexibility index (Phi) is 5.86. The summed E-state index contributed by atoms with van der Waals surface area (Å²) in [6.45, 7) is 8.18. The summed E-state index contributed by atoms with van der Waals surface area (Å²) in [4.78, 5) is 20.2. The molecule has 3 heterocycles. The first-order valence-electron chi connectivity index (χ1n) is 11.5. The molecule has 3 aromatic rings. The lowest BCUT2D eigenvalue weighted by molar-refractivity contribution is 0.00578. The highest BCUT2D eigenvalue weighted by Gasteiger charge is 2.51. The Labute approximate surface area is 204 Å². The van der Waals surface area contributed by atoms with Gasteiger partial charge in [-0.1, -0.05) is 36.4 Å². The average Bonchev–Trinajstić information content (AvgIpc) is 3.05. The van der Waals surface area contributed by atoms with Crippen molar-refractivity contribution in [1.82, 2.24) is 9.97 Å². The van der Waals surface area contributed by atoms with Crippen molar-refractivity contribution in [2.75, 3.05) is 12.9 Å². The molecule has 5 rings (SSSR count). The Balaban J connectivity index is 1.43. The van der Waals surface area contributed by atoms with Gasteiger partial charge in [0.2, 0.25) is 0 Å². The molecule has 0 spiro atoms. The number of benzene rings is 2. The van der Waals surface area contributed by atoms with Crippen LogP contribution in [0.5, 0.6) is 5.75 Å². The Bertz CT molecular complexity index is 1270. The second-order valence-corrected chi connectivity index (χ2v) is 10.9. The molecule has 0 amide bonds. The molecule has 8 heteroatoms. The van der Waals surface area contributed by atoms with Gasteiger partial charge in [-0.05, 0) is 57.0 Å². The summed E-state index contributed by atoms with van der Waals surface area (Å²) in [5.74, 6) is 3.10. The first-order chi connectivity index (χ1) is 16.2. The van der Waals surface area contributed by atoms with Crippen LogP contribution in [0.2, 0.25) is 0 Å². The topological polar surface area (TPSA) is 73.4 Å². The third-order valence-corrected chi connectivity index (χ3v) is 8.04. The summed E-state index contributed by atoms with van der Waals surface area (Å²) < 4.78 is 18.1. The van der Waals surface area contributed by atoms with Crippen LogP contribution in [0.4, 0.5) is 0 Å². The zero-order valence-corrected chi connectivity index (χ0v) is 21.0. The fourth-order valence-electron chi connectivity index (χ4n) is 4.26. The van der Waals surface area contributed by atoms with Crippen molar-refractivity contribution in [2.45, 2.75) is 51.1 Å². The lowest BCUT2D eigenvalue weighted by atomic mass is 9.78. The highest BCUT2D eigenvalue weighted by atomic mass is 32.2. The van der Waals surface area contributed by atoms with Gasteiger partial charge in [-0.15, -0.1) is 0 Å². The molecule has 34 heavy (non-hydrogen) atoms. The number of aromatic amines is 1. The Hall–Kier alpha value is -2.55. The highest BCUT2D eigenvalue weighted by molar-refractivity contribution is 7.98. The predicted octanol–water partition coefficient (Wildman–Crippen LogP) is 4.20. The van der Waals surface area contributed by atoms with Gasteiger partial charge in [-0.25, -0.2) is 4.98 Å². The standard InChI is InChI=1S/C26H29BN2O4S/c1-25(2)26(3,4)33-27(32-25)18-10-11-19(22(14-18)31-5)16-6-8-17(9-7-16)23-28-21-12-13-34-15-20(21)24(30)29-23/h6-11,14H,12-13,15H2,1-5H3,(H,28,29,30). The Morgan fingerprint density at radius 1 is 1.03 bits per heavy atom. The minimum absolute atomic E-state index is 0.0313. The molecular formula is C26H29BN2O4S. The van der Waals surface area contributed by atoms with Crippen LogP contribution in [-0.4, -0.2) is 41.2 Å². The molecule has 0 atom stereocenters. The summed E-state index contributed by atoms with van der Waals surface area (Å²) in [5, 5.41) is 0. The first-order valence-corrected chi connectivity index (χ1v) is 12.7. The Morgan fingerprint density at radius 3 is 2.38 bits per heavy atom. The van der Waals surface area contributed by atoms with E-state index >= 15 is 0 Å². The van der Waals surface area contributed by atoms with Crippen molar-refractivity contribution in [3.8, 4) is 28.3 Å². The van der Waals surface area contributed by atoms with Crippen molar-refractivity contribution in [2.24, 2.45) is 0 Å². The Morgan fingerprint density at radius 2 is 1.71 bits per heavy atom. The second kappa shape index (κ2) is 8.59. The third kappa shape index (κ3) is 4.08. The molecule has 1 fully saturated rings. The number of nitrogens with one attached hydrogen (secondary N) is 1. The maximum absolute atomic E-state index is 12.5. The van der Waals surface area contributed by atoms with Gasteiger partial charge in [0.15, 0.2) is 0 Å². The van der Waals surface area contributed by atoms with E-state index < -0.39 is 18.3 Å². The number of nitrogens with zero attached hydrogens (tertiary/aromatic N) is 1. The molecular weight excluding hydrogens is 447 g/mol. The van der Waals surface area contributed by atoms with Crippen LogP contribution >= 0.6 is 11.8 Å². The average molecular weight is 476 g/mol. The summed E-state index contributed by atoms with van der Waals surface area (Å²) >= 11 is 1.78. The van der Waals surface area contributed by atoms with Gasteiger partial charge in [0.05, 0.1) is 24.0 Å². The maximum Gasteiger partial charge on any atom is 0.494 e. The number of aromatic nitrogens is 2. The largest absolute Gasteiger partial charge is 0.496 e. The summed E-state index contributed by atoms with van der Waals surface area (Å²) in [6, 6.07) is 14.1. The minimum Gasteiger partial charge on any atom is -0.496 e. The van der Waals surface area contributed by atoms with Gasteiger partial charge < -0.3 is 19.0 Å². The van der Waals surface area contributed by atoms with E-state index in [4.69, 9.17) is 19.0 Å². The van der Waals surface area contributed by atoms with E-state index in [-0.39, 0.29) is 5.56 Å². The van der Waals surface area contributed by atoms with Crippen molar-refractivity contribution in [1.29, 1.82) is 0 Å². The van der Waals surface area contributed by atoms with E-state index in [9.17, 15) is 4.79 Å². The maximum atomic E-state index is 12.5. The first kappa shape index (κ1) is 23.2. The molecule has 0 saturated carbocycles. The van der Waals surface area contributed by atoms with E-state index in [1.165, 1.54) is 0 Å². The smallest absolute Gasteiger partial charge is 0.494 e. The lowest BCUT2D eigenvalue weighted by Gasteiger charge is -2.32. The monoisotopic (exact) mass is 476 g/mol. The molecule has 1 aromatic heterocycles. The molecule has 2 aliphatic heterocycles. The zero-order chi connectivity index (χ0) is 24.1. The van der Waals surface area contributed by atoms with Crippen LogP contribution in [-0.2, 0) is 21.5 Å². The SMILES string of the molecule is COc1cc(B2OC(C)(C)C(C)(C)O2)ccc1-c1ccc(-c2nc3c(c(=O)[nH]2)CSCC3)cc1. The summed E-state index contributed by atoms with van der Waals surface area (Å²) in [5.41, 5.74) is 4.69. The second-order valence-electron chi connectivity index (χ2n) is 9.77. The summed E-state index contributed by atoms with van der Waals surface area (Å²) in [7, 11) is 1.22. The lowest BCUT2D eigenvalue weighted by Crippen LogP contribution is -2.41. The fourth-order valence-corrected chi connectivity index (χ4v) is 5.24. The molecule has 2 aromatic carbocycles. The van der Waals surface area contributed by atoms with Gasteiger partial charge in [-0.2, -0.15) is 11.8 Å². The number of hydrogen-bond acceptors (Lipinski definition) is 6.